The van der Waals surface area contributed by atoms with Gasteiger partial charge in [-0.3, -0.25) is 4.57 Å². The monoisotopic (exact) mass is 247 g/mol. The lowest BCUT2D eigenvalue weighted by molar-refractivity contribution is 0.629. The number of halogens is 2. The summed E-state index contributed by atoms with van der Waals surface area (Å²) in [6.45, 7) is 0. The van der Waals surface area contributed by atoms with Gasteiger partial charge in [-0.05, 0) is 24.3 Å². The topological polar surface area (TPSA) is 30.7 Å². The Balaban J connectivity index is 2.23. The Hall–Kier alpha value is -1.94. The molecule has 2 aromatic heterocycles. The van der Waals surface area contributed by atoms with E-state index in [4.69, 9.17) is 11.6 Å². The van der Waals surface area contributed by atoms with Gasteiger partial charge in [0, 0.05) is 6.07 Å². The average molecular weight is 248 g/mol. The zero-order valence-electron chi connectivity index (χ0n) is 8.64. The predicted octanol–water partition coefficient (Wildman–Crippen LogP) is 3.21. The molecule has 3 nitrogen and oxygen atoms in total. The van der Waals surface area contributed by atoms with Crippen molar-refractivity contribution in [2.75, 3.05) is 0 Å². The van der Waals surface area contributed by atoms with Crippen molar-refractivity contribution in [2.24, 2.45) is 0 Å². The van der Waals surface area contributed by atoms with Gasteiger partial charge in [0.25, 0.3) is 0 Å². The number of hydrogen-bond acceptors (Lipinski definition) is 2. The highest BCUT2D eigenvalue weighted by atomic mass is 35.5. The van der Waals surface area contributed by atoms with E-state index in [2.05, 4.69) is 9.97 Å². The highest BCUT2D eigenvalue weighted by Gasteiger charge is 2.05. The number of imidazole rings is 1. The highest BCUT2D eigenvalue weighted by molar-refractivity contribution is 6.29. The molecular formula is C12H7ClFN3. The molecule has 17 heavy (non-hydrogen) atoms. The Morgan fingerprint density at radius 1 is 1.12 bits per heavy atom. The molecule has 84 valence electrons. The number of benzene rings is 1. The third kappa shape index (κ3) is 1.76. The van der Waals surface area contributed by atoms with Crippen LogP contribution in [0.4, 0.5) is 4.39 Å². The minimum atomic E-state index is -0.291. The summed E-state index contributed by atoms with van der Waals surface area (Å²) in [4.78, 5) is 8.18. The third-order valence-electron chi connectivity index (χ3n) is 2.50. The van der Waals surface area contributed by atoms with Crippen molar-refractivity contribution in [3.8, 4) is 5.69 Å². The molecule has 0 N–H and O–H groups in total. The van der Waals surface area contributed by atoms with E-state index in [-0.39, 0.29) is 5.82 Å². The Morgan fingerprint density at radius 2 is 2.00 bits per heavy atom. The van der Waals surface area contributed by atoms with E-state index >= 15 is 0 Å². The first-order valence-electron chi connectivity index (χ1n) is 4.98. The van der Waals surface area contributed by atoms with E-state index in [0.29, 0.717) is 10.7 Å². The van der Waals surface area contributed by atoms with E-state index in [1.807, 2.05) is 0 Å². The Kier molecular flexibility index (Phi) is 2.30. The molecule has 0 aliphatic carbocycles. The van der Waals surface area contributed by atoms with Crippen LogP contribution in [0, 0.1) is 5.82 Å². The van der Waals surface area contributed by atoms with Crippen LogP contribution in [0.5, 0.6) is 0 Å². The van der Waals surface area contributed by atoms with Gasteiger partial charge in [0.15, 0.2) is 0 Å². The van der Waals surface area contributed by atoms with Crippen LogP contribution in [-0.2, 0) is 0 Å². The van der Waals surface area contributed by atoms with Crippen molar-refractivity contribution < 1.29 is 4.39 Å². The summed E-state index contributed by atoms with van der Waals surface area (Å²) in [5.41, 5.74) is 2.23. The average Bonchev–Trinajstić information content (AvgIpc) is 2.73. The van der Waals surface area contributed by atoms with Crippen LogP contribution in [0.3, 0.4) is 0 Å². The second-order valence-electron chi connectivity index (χ2n) is 3.59. The van der Waals surface area contributed by atoms with Gasteiger partial charge in [0.1, 0.15) is 17.3 Å². The first-order valence-corrected chi connectivity index (χ1v) is 5.36. The van der Waals surface area contributed by atoms with Gasteiger partial charge in [0.2, 0.25) is 0 Å². The smallest absolute Gasteiger partial charge is 0.129 e. The Bertz CT molecular complexity index is 676. The standard InChI is InChI=1S/C12H7ClFN3/c13-12-4-2-9(6-15-12)17-7-16-10-3-1-8(14)5-11(10)17/h1-7H. The number of aromatic nitrogens is 3. The second-order valence-corrected chi connectivity index (χ2v) is 3.97. The minimum absolute atomic E-state index is 0.291. The summed E-state index contributed by atoms with van der Waals surface area (Å²) in [6, 6.07) is 7.96. The molecule has 0 aliphatic heterocycles. The fourth-order valence-corrected chi connectivity index (χ4v) is 1.81. The van der Waals surface area contributed by atoms with E-state index in [9.17, 15) is 4.39 Å². The van der Waals surface area contributed by atoms with E-state index in [0.717, 1.165) is 11.2 Å². The van der Waals surface area contributed by atoms with Gasteiger partial charge in [0.05, 0.1) is 22.9 Å². The number of pyridine rings is 1. The first kappa shape index (κ1) is 10.2. The van der Waals surface area contributed by atoms with E-state index in [1.165, 1.54) is 12.1 Å². The fraction of sp³-hybridized carbons (Fsp3) is 0. The Morgan fingerprint density at radius 3 is 2.76 bits per heavy atom. The molecule has 0 fully saturated rings. The molecule has 0 amide bonds. The summed E-state index contributed by atoms with van der Waals surface area (Å²) in [5, 5.41) is 0.421. The van der Waals surface area contributed by atoms with Crippen molar-refractivity contribution in [3.05, 3.63) is 53.8 Å². The maximum Gasteiger partial charge on any atom is 0.129 e. The minimum Gasteiger partial charge on any atom is -0.297 e. The summed E-state index contributed by atoms with van der Waals surface area (Å²) >= 11 is 5.72. The molecule has 0 atom stereocenters. The maximum absolute atomic E-state index is 13.2. The van der Waals surface area contributed by atoms with Crippen molar-refractivity contribution >= 4 is 22.6 Å². The van der Waals surface area contributed by atoms with Crippen LogP contribution in [-0.4, -0.2) is 14.5 Å². The molecule has 1 aromatic carbocycles. The molecule has 3 aromatic rings. The molecule has 0 aliphatic rings. The largest absolute Gasteiger partial charge is 0.297 e. The van der Waals surface area contributed by atoms with E-state index in [1.54, 1.807) is 35.3 Å². The zero-order chi connectivity index (χ0) is 11.8. The van der Waals surface area contributed by atoms with Crippen LogP contribution in [0.2, 0.25) is 5.15 Å². The summed E-state index contributed by atoms with van der Waals surface area (Å²) in [6.07, 6.45) is 3.25. The number of rotatable bonds is 1. The first-order chi connectivity index (χ1) is 8.24. The van der Waals surface area contributed by atoms with Crippen molar-refractivity contribution in [3.63, 3.8) is 0 Å². The van der Waals surface area contributed by atoms with Crippen LogP contribution in [0.25, 0.3) is 16.7 Å². The molecule has 0 spiro atoms. The van der Waals surface area contributed by atoms with Gasteiger partial charge in [-0.15, -0.1) is 0 Å². The highest BCUT2D eigenvalue weighted by Crippen LogP contribution is 2.19. The lowest BCUT2D eigenvalue weighted by Crippen LogP contribution is -1.92. The van der Waals surface area contributed by atoms with Gasteiger partial charge in [-0.2, -0.15) is 0 Å². The van der Waals surface area contributed by atoms with Crippen molar-refractivity contribution in [2.45, 2.75) is 0 Å². The number of hydrogen-bond donors (Lipinski definition) is 0. The molecule has 0 bridgehead atoms. The van der Waals surface area contributed by atoms with Crippen LogP contribution in [0.15, 0.2) is 42.9 Å². The fourth-order valence-electron chi connectivity index (χ4n) is 1.70. The molecule has 0 unspecified atom stereocenters. The van der Waals surface area contributed by atoms with Crippen molar-refractivity contribution in [1.82, 2.24) is 14.5 Å². The van der Waals surface area contributed by atoms with E-state index < -0.39 is 0 Å². The maximum atomic E-state index is 13.2. The number of fused-ring (bicyclic) bond motifs is 1. The van der Waals surface area contributed by atoms with Crippen LogP contribution in [0.1, 0.15) is 0 Å². The van der Waals surface area contributed by atoms with Crippen LogP contribution >= 0.6 is 11.6 Å². The molecule has 2 heterocycles. The number of nitrogens with zero attached hydrogens (tertiary/aromatic N) is 3. The SMILES string of the molecule is Fc1ccc2ncn(-c3ccc(Cl)nc3)c2c1. The molecular weight excluding hydrogens is 241 g/mol. The molecule has 0 radical (unpaired) electrons. The van der Waals surface area contributed by atoms with Gasteiger partial charge < -0.3 is 0 Å². The Labute approximate surface area is 101 Å². The second kappa shape index (κ2) is 3.82. The lowest BCUT2D eigenvalue weighted by atomic mass is 10.3. The molecule has 0 saturated heterocycles. The molecule has 5 heteroatoms. The predicted molar refractivity (Wildman–Crippen MR) is 63.8 cm³/mol. The van der Waals surface area contributed by atoms with Crippen molar-refractivity contribution in [1.29, 1.82) is 0 Å². The van der Waals surface area contributed by atoms with Gasteiger partial charge in [-0.1, -0.05) is 11.6 Å². The van der Waals surface area contributed by atoms with Gasteiger partial charge in [-0.25, -0.2) is 14.4 Å². The molecule has 3 rings (SSSR count). The lowest BCUT2D eigenvalue weighted by Gasteiger charge is -2.03. The van der Waals surface area contributed by atoms with Crippen LogP contribution < -0.4 is 0 Å². The quantitative estimate of drug-likeness (QED) is 0.618. The molecule has 0 saturated carbocycles. The zero-order valence-corrected chi connectivity index (χ0v) is 9.39. The third-order valence-corrected chi connectivity index (χ3v) is 2.72. The summed E-state index contributed by atoms with van der Waals surface area (Å²) < 4.78 is 15.0. The summed E-state index contributed by atoms with van der Waals surface area (Å²) in [7, 11) is 0. The van der Waals surface area contributed by atoms with Gasteiger partial charge >= 0.3 is 0 Å². The summed E-state index contributed by atoms with van der Waals surface area (Å²) in [5.74, 6) is -0.291. The normalized spacial score (nSPS) is 10.9.